The Hall–Kier alpha value is -4.00. The van der Waals surface area contributed by atoms with E-state index >= 15 is 0 Å². The number of rotatable bonds is 8. The summed E-state index contributed by atoms with van der Waals surface area (Å²) in [6.07, 6.45) is 4.23. The molecule has 0 aliphatic carbocycles. The number of carbonyl (C=O) groups excluding carboxylic acids is 2. The number of nitrogens with one attached hydrogen (secondary N) is 2. The Balaban J connectivity index is 1.35. The molecule has 0 bridgehead atoms. The molecule has 2 N–H and O–H groups in total. The SMILES string of the molecule is O=C(C=Cc1ccco1)NNC(=O)COc1ccc(OCc2ccccc2)cc1. The molecule has 148 valence electrons. The van der Waals surface area contributed by atoms with Crippen LogP contribution in [0.4, 0.5) is 0 Å². The molecule has 0 atom stereocenters. The van der Waals surface area contributed by atoms with Crippen molar-refractivity contribution in [2.24, 2.45) is 0 Å². The highest BCUT2D eigenvalue weighted by Gasteiger charge is 2.04. The van der Waals surface area contributed by atoms with Gasteiger partial charge in [-0.05, 0) is 48.0 Å². The summed E-state index contributed by atoms with van der Waals surface area (Å²) in [6.45, 7) is 0.226. The normalized spacial score (nSPS) is 10.5. The summed E-state index contributed by atoms with van der Waals surface area (Å²) in [7, 11) is 0. The molecule has 3 rings (SSSR count). The van der Waals surface area contributed by atoms with Crippen molar-refractivity contribution < 1.29 is 23.5 Å². The van der Waals surface area contributed by atoms with Crippen molar-refractivity contribution in [3.63, 3.8) is 0 Å². The molecule has 0 spiro atoms. The van der Waals surface area contributed by atoms with E-state index in [0.717, 1.165) is 5.56 Å². The predicted octanol–water partition coefficient (Wildman–Crippen LogP) is 3.10. The van der Waals surface area contributed by atoms with Crippen LogP contribution in [0.3, 0.4) is 0 Å². The molecule has 7 nitrogen and oxygen atoms in total. The van der Waals surface area contributed by atoms with E-state index in [9.17, 15) is 9.59 Å². The second-order valence-corrected chi connectivity index (χ2v) is 5.92. The summed E-state index contributed by atoms with van der Waals surface area (Å²) < 4.78 is 16.1. The molecule has 0 radical (unpaired) electrons. The molecule has 1 aromatic heterocycles. The summed E-state index contributed by atoms with van der Waals surface area (Å²) >= 11 is 0. The van der Waals surface area contributed by atoms with Gasteiger partial charge in [-0.3, -0.25) is 20.4 Å². The largest absolute Gasteiger partial charge is 0.489 e. The van der Waals surface area contributed by atoms with Crippen LogP contribution >= 0.6 is 0 Å². The van der Waals surface area contributed by atoms with Gasteiger partial charge in [0.1, 0.15) is 23.9 Å². The van der Waals surface area contributed by atoms with Gasteiger partial charge in [-0.25, -0.2) is 0 Å². The van der Waals surface area contributed by atoms with Crippen LogP contribution in [-0.2, 0) is 16.2 Å². The zero-order chi connectivity index (χ0) is 20.3. The predicted molar refractivity (Wildman–Crippen MR) is 107 cm³/mol. The molecule has 0 saturated heterocycles. The smallest absolute Gasteiger partial charge is 0.276 e. The topological polar surface area (TPSA) is 89.8 Å². The van der Waals surface area contributed by atoms with Crippen LogP contribution in [-0.4, -0.2) is 18.4 Å². The fraction of sp³-hybridized carbons (Fsp3) is 0.0909. The Morgan fingerprint density at radius 1 is 0.862 bits per heavy atom. The van der Waals surface area contributed by atoms with Gasteiger partial charge in [0.05, 0.1) is 6.26 Å². The maximum absolute atomic E-state index is 11.8. The minimum atomic E-state index is -0.492. The molecule has 0 unspecified atom stereocenters. The van der Waals surface area contributed by atoms with Crippen molar-refractivity contribution in [2.75, 3.05) is 6.61 Å². The van der Waals surface area contributed by atoms with E-state index in [0.29, 0.717) is 23.9 Å². The molecule has 3 aromatic rings. The van der Waals surface area contributed by atoms with E-state index in [1.165, 1.54) is 18.4 Å². The van der Waals surface area contributed by atoms with Gasteiger partial charge >= 0.3 is 0 Å². The van der Waals surface area contributed by atoms with Gasteiger partial charge in [-0.2, -0.15) is 0 Å². The van der Waals surface area contributed by atoms with E-state index in [-0.39, 0.29) is 6.61 Å². The third-order valence-corrected chi connectivity index (χ3v) is 3.71. The van der Waals surface area contributed by atoms with E-state index in [1.54, 1.807) is 36.4 Å². The lowest BCUT2D eigenvalue weighted by molar-refractivity contribution is -0.128. The zero-order valence-electron chi connectivity index (χ0n) is 15.5. The first kappa shape index (κ1) is 19.8. The molecular formula is C22H20N2O5. The highest BCUT2D eigenvalue weighted by Crippen LogP contribution is 2.18. The van der Waals surface area contributed by atoms with Gasteiger partial charge in [0.2, 0.25) is 0 Å². The van der Waals surface area contributed by atoms with Crippen LogP contribution in [0, 0.1) is 0 Å². The van der Waals surface area contributed by atoms with Gasteiger partial charge in [0.25, 0.3) is 11.8 Å². The van der Waals surface area contributed by atoms with Crippen LogP contribution in [0.15, 0.2) is 83.5 Å². The van der Waals surface area contributed by atoms with Crippen molar-refractivity contribution in [3.8, 4) is 11.5 Å². The van der Waals surface area contributed by atoms with E-state index in [4.69, 9.17) is 13.9 Å². The molecule has 29 heavy (non-hydrogen) atoms. The highest BCUT2D eigenvalue weighted by molar-refractivity contribution is 5.92. The minimum absolute atomic E-state index is 0.244. The van der Waals surface area contributed by atoms with Crippen molar-refractivity contribution >= 4 is 17.9 Å². The zero-order valence-corrected chi connectivity index (χ0v) is 15.5. The fourth-order valence-corrected chi connectivity index (χ4v) is 2.27. The number of benzene rings is 2. The summed E-state index contributed by atoms with van der Waals surface area (Å²) in [5.41, 5.74) is 5.59. The first-order valence-electron chi connectivity index (χ1n) is 8.89. The quantitative estimate of drug-likeness (QED) is 0.454. The molecule has 0 aliphatic rings. The van der Waals surface area contributed by atoms with E-state index in [1.807, 2.05) is 30.3 Å². The summed E-state index contributed by atoms with van der Waals surface area (Å²) in [5.74, 6) is 0.757. The Kier molecular flexibility index (Phi) is 7.06. The van der Waals surface area contributed by atoms with E-state index < -0.39 is 11.8 Å². The molecule has 7 heteroatoms. The van der Waals surface area contributed by atoms with Gasteiger partial charge in [-0.1, -0.05) is 30.3 Å². The Morgan fingerprint density at radius 3 is 2.28 bits per heavy atom. The number of ether oxygens (including phenoxy) is 2. The lowest BCUT2D eigenvalue weighted by Gasteiger charge is -2.09. The van der Waals surface area contributed by atoms with Crippen LogP contribution in [0.5, 0.6) is 11.5 Å². The summed E-state index contributed by atoms with van der Waals surface area (Å²) in [5, 5.41) is 0. The molecular weight excluding hydrogens is 372 g/mol. The number of hydrogen-bond acceptors (Lipinski definition) is 5. The standard InChI is InChI=1S/C22H20N2O5/c25-21(13-12-18-7-4-14-27-18)23-24-22(26)16-29-20-10-8-19(9-11-20)28-15-17-5-2-1-3-6-17/h1-14H,15-16H2,(H,23,25)(H,24,26). The Labute approximate surface area is 167 Å². The number of furan rings is 1. The fourth-order valence-electron chi connectivity index (χ4n) is 2.27. The van der Waals surface area contributed by atoms with Crippen LogP contribution in [0.2, 0.25) is 0 Å². The maximum Gasteiger partial charge on any atom is 0.276 e. The molecule has 0 fully saturated rings. The average molecular weight is 392 g/mol. The average Bonchev–Trinajstić information content (AvgIpc) is 3.28. The number of amides is 2. The van der Waals surface area contributed by atoms with Crippen molar-refractivity contribution in [1.82, 2.24) is 10.9 Å². The molecule has 0 saturated carbocycles. The van der Waals surface area contributed by atoms with Crippen LogP contribution in [0.1, 0.15) is 11.3 Å². The van der Waals surface area contributed by atoms with Gasteiger partial charge in [0, 0.05) is 6.08 Å². The second-order valence-electron chi connectivity index (χ2n) is 5.92. The Bertz CT molecular complexity index is 935. The first-order chi connectivity index (χ1) is 14.2. The minimum Gasteiger partial charge on any atom is -0.489 e. The third kappa shape index (κ3) is 6.91. The van der Waals surface area contributed by atoms with Crippen molar-refractivity contribution in [2.45, 2.75) is 6.61 Å². The van der Waals surface area contributed by atoms with Gasteiger partial charge in [-0.15, -0.1) is 0 Å². The van der Waals surface area contributed by atoms with Crippen LogP contribution < -0.4 is 20.3 Å². The van der Waals surface area contributed by atoms with Crippen molar-refractivity contribution in [1.29, 1.82) is 0 Å². The summed E-state index contributed by atoms with van der Waals surface area (Å²) in [6, 6.07) is 20.2. The number of carbonyl (C=O) groups is 2. The molecule has 2 aromatic carbocycles. The van der Waals surface area contributed by atoms with Gasteiger partial charge < -0.3 is 13.9 Å². The molecule has 0 aliphatic heterocycles. The van der Waals surface area contributed by atoms with Gasteiger partial charge in [0.15, 0.2) is 6.61 Å². The van der Waals surface area contributed by atoms with E-state index in [2.05, 4.69) is 10.9 Å². The maximum atomic E-state index is 11.8. The summed E-state index contributed by atoms with van der Waals surface area (Å²) in [4.78, 5) is 23.4. The Morgan fingerprint density at radius 2 is 1.59 bits per heavy atom. The number of hydrogen-bond donors (Lipinski definition) is 2. The monoisotopic (exact) mass is 392 g/mol. The highest BCUT2D eigenvalue weighted by atomic mass is 16.5. The second kappa shape index (κ2) is 10.4. The lowest BCUT2D eigenvalue weighted by atomic mass is 10.2. The first-order valence-corrected chi connectivity index (χ1v) is 8.89. The van der Waals surface area contributed by atoms with Crippen LogP contribution in [0.25, 0.3) is 6.08 Å². The molecule has 1 heterocycles. The third-order valence-electron chi connectivity index (χ3n) is 3.71. The lowest BCUT2D eigenvalue weighted by Crippen LogP contribution is -2.43. The van der Waals surface area contributed by atoms with Crippen molar-refractivity contribution in [3.05, 3.63) is 90.4 Å². The number of hydrazine groups is 1. The molecule has 2 amide bonds.